The number of H-pyrrole nitrogens is 1. The van der Waals surface area contributed by atoms with Gasteiger partial charge in [0.25, 0.3) is 11.5 Å². The van der Waals surface area contributed by atoms with E-state index in [9.17, 15) is 22.8 Å². The van der Waals surface area contributed by atoms with Crippen LogP contribution in [-0.4, -0.2) is 54.0 Å². The Labute approximate surface area is 181 Å². The molecular weight excluding hydrogens is 423 g/mol. The van der Waals surface area contributed by atoms with Gasteiger partial charge in [-0.1, -0.05) is 0 Å². The molecule has 2 aromatic heterocycles. The van der Waals surface area contributed by atoms with Gasteiger partial charge in [-0.25, -0.2) is 18.2 Å². The molecule has 3 aromatic rings. The average Bonchev–Trinajstić information content (AvgIpc) is 2.78. The van der Waals surface area contributed by atoms with E-state index in [1.54, 1.807) is 0 Å². The molecule has 1 amide bonds. The standard InChI is InChI=1S/C22H22F3N5O2/c1-12-7-15-16(23)8-13(18(25)19(15)28-21(12)31)11-29-3-5-30(6-4-29)14-9-17(24)20(27-10-14)22(32)26-2/h7-10H,3-6,11H2,1-2H3,(H,26,32)(H,28,31). The summed E-state index contributed by atoms with van der Waals surface area (Å²) < 4.78 is 43.7. The van der Waals surface area contributed by atoms with Gasteiger partial charge in [0.1, 0.15) is 5.82 Å². The van der Waals surface area contributed by atoms with Crippen LogP contribution in [0.15, 0.2) is 29.2 Å². The Morgan fingerprint density at radius 1 is 1.12 bits per heavy atom. The van der Waals surface area contributed by atoms with Crippen LogP contribution in [0.3, 0.4) is 0 Å². The number of nitrogens with one attached hydrogen (secondary N) is 2. The lowest BCUT2D eigenvalue weighted by atomic mass is 10.1. The fourth-order valence-corrected chi connectivity index (χ4v) is 3.86. The van der Waals surface area contributed by atoms with Crippen molar-refractivity contribution in [2.75, 3.05) is 38.1 Å². The quantitative estimate of drug-likeness (QED) is 0.644. The molecule has 0 atom stereocenters. The average molecular weight is 445 g/mol. The van der Waals surface area contributed by atoms with Crippen LogP contribution in [0.1, 0.15) is 21.6 Å². The fraction of sp³-hybridized carbons (Fsp3) is 0.318. The predicted octanol–water partition coefficient (Wildman–Crippen LogP) is 2.33. The van der Waals surface area contributed by atoms with Gasteiger partial charge in [-0.05, 0) is 19.1 Å². The topological polar surface area (TPSA) is 81.3 Å². The fourth-order valence-electron chi connectivity index (χ4n) is 3.86. The summed E-state index contributed by atoms with van der Waals surface area (Å²) in [5.41, 5.74) is 0.166. The number of nitrogens with zero attached hydrogens (tertiary/aromatic N) is 3. The second kappa shape index (κ2) is 8.62. The van der Waals surface area contributed by atoms with Gasteiger partial charge in [-0.2, -0.15) is 0 Å². The number of halogens is 3. The number of aryl methyl sites for hydroxylation is 1. The van der Waals surface area contributed by atoms with E-state index in [1.807, 2.05) is 9.80 Å². The number of fused-ring (bicyclic) bond motifs is 1. The van der Waals surface area contributed by atoms with Crippen molar-refractivity contribution in [3.63, 3.8) is 0 Å². The predicted molar refractivity (Wildman–Crippen MR) is 114 cm³/mol. The number of piperazine rings is 1. The van der Waals surface area contributed by atoms with E-state index in [0.29, 0.717) is 37.4 Å². The molecule has 168 valence electrons. The van der Waals surface area contributed by atoms with Gasteiger partial charge in [0.15, 0.2) is 17.3 Å². The first-order valence-electron chi connectivity index (χ1n) is 10.1. The number of benzene rings is 1. The lowest BCUT2D eigenvalue weighted by molar-refractivity contribution is 0.0953. The number of rotatable bonds is 4. The highest BCUT2D eigenvalue weighted by atomic mass is 19.1. The van der Waals surface area contributed by atoms with Gasteiger partial charge >= 0.3 is 0 Å². The molecule has 1 aliphatic heterocycles. The number of aromatic nitrogens is 2. The lowest BCUT2D eigenvalue weighted by Gasteiger charge is -2.36. The SMILES string of the molecule is CNC(=O)c1ncc(N2CCN(Cc3cc(F)c4cc(C)c(=O)[nH]c4c3F)CC2)cc1F. The number of pyridine rings is 2. The van der Waals surface area contributed by atoms with Gasteiger partial charge in [0.05, 0.1) is 17.4 Å². The Kier molecular flexibility index (Phi) is 5.88. The number of hydrogen-bond donors (Lipinski definition) is 2. The molecule has 0 aliphatic carbocycles. The van der Waals surface area contributed by atoms with Crippen LogP contribution < -0.4 is 15.8 Å². The van der Waals surface area contributed by atoms with Crippen LogP contribution >= 0.6 is 0 Å². The Morgan fingerprint density at radius 2 is 1.84 bits per heavy atom. The third-order valence-electron chi connectivity index (χ3n) is 5.69. The van der Waals surface area contributed by atoms with Crippen LogP contribution in [0.4, 0.5) is 18.9 Å². The van der Waals surface area contributed by atoms with E-state index >= 15 is 0 Å². The zero-order chi connectivity index (χ0) is 23.0. The summed E-state index contributed by atoms with van der Waals surface area (Å²) in [5.74, 6) is -2.54. The number of carbonyl (C=O) groups is 1. The first kappa shape index (κ1) is 21.8. The Bertz CT molecular complexity index is 1250. The van der Waals surface area contributed by atoms with Crippen molar-refractivity contribution in [3.8, 4) is 0 Å². The summed E-state index contributed by atoms with van der Waals surface area (Å²) in [4.78, 5) is 33.7. The van der Waals surface area contributed by atoms with Crippen LogP contribution in [0.5, 0.6) is 0 Å². The highest BCUT2D eigenvalue weighted by Crippen LogP contribution is 2.25. The molecule has 7 nitrogen and oxygen atoms in total. The van der Waals surface area contributed by atoms with Gasteiger partial charge < -0.3 is 15.2 Å². The van der Waals surface area contributed by atoms with Crippen LogP contribution in [0, 0.1) is 24.4 Å². The minimum absolute atomic E-state index is 0.0443. The number of anilines is 1. The van der Waals surface area contributed by atoms with Gasteiger partial charge in [0, 0.05) is 62.4 Å². The maximum atomic E-state index is 15.0. The minimum atomic E-state index is -0.706. The van der Waals surface area contributed by atoms with Gasteiger partial charge in [-0.3, -0.25) is 14.5 Å². The molecular formula is C22H22F3N5O2. The summed E-state index contributed by atoms with van der Waals surface area (Å²) in [6, 6.07) is 3.78. The van der Waals surface area contributed by atoms with Gasteiger partial charge in [-0.15, -0.1) is 0 Å². The molecule has 1 aliphatic rings. The molecule has 0 radical (unpaired) electrons. The minimum Gasteiger partial charge on any atom is -0.368 e. The smallest absolute Gasteiger partial charge is 0.272 e. The van der Waals surface area contributed by atoms with E-state index in [-0.39, 0.29) is 28.7 Å². The third-order valence-corrected chi connectivity index (χ3v) is 5.69. The molecule has 32 heavy (non-hydrogen) atoms. The van der Waals surface area contributed by atoms with E-state index in [0.717, 1.165) is 0 Å². The molecule has 0 bridgehead atoms. The zero-order valence-electron chi connectivity index (χ0n) is 17.6. The molecule has 1 fully saturated rings. The van der Waals surface area contributed by atoms with E-state index in [2.05, 4.69) is 15.3 Å². The Morgan fingerprint density at radius 3 is 2.50 bits per heavy atom. The second-order valence-corrected chi connectivity index (χ2v) is 7.77. The van der Waals surface area contributed by atoms with Crippen molar-refractivity contribution >= 4 is 22.5 Å². The van der Waals surface area contributed by atoms with E-state index in [1.165, 1.54) is 38.4 Å². The largest absolute Gasteiger partial charge is 0.368 e. The molecule has 10 heteroatoms. The van der Waals surface area contributed by atoms with Crippen LogP contribution in [-0.2, 0) is 6.54 Å². The maximum Gasteiger partial charge on any atom is 0.272 e. The summed E-state index contributed by atoms with van der Waals surface area (Å²) in [6.07, 6.45) is 1.44. The Hall–Kier alpha value is -3.40. The Balaban J connectivity index is 1.48. The van der Waals surface area contributed by atoms with Crippen molar-refractivity contribution in [2.45, 2.75) is 13.5 Å². The molecule has 3 heterocycles. The summed E-state index contributed by atoms with van der Waals surface area (Å²) in [6.45, 7) is 3.81. The number of hydrogen-bond acceptors (Lipinski definition) is 5. The molecule has 1 saturated heterocycles. The van der Waals surface area contributed by atoms with E-state index < -0.39 is 28.9 Å². The molecule has 0 spiro atoms. The molecule has 2 N–H and O–H groups in total. The maximum absolute atomic E-state index is 15.0. The molecule has 1 aromatic carbocycles. The first-order chi connectivity index (χ1) is 15.3. The highest BCUT2D eigenvalue weighted by Gasteiger charge is 2.22. The molecule has 0 saturated carbocycles. The number of carbonyl (C=O) groups excluding carboxylic acids is 1. The van der Waals surface area contributed by atoms with Crippen molar-refractivity contribution in [1.82, 2.24) is 20.2 Å². The third kappa shape index (κ3) is 4.05. The van der Waals surface area contributed by atoms with E-state index in [4.69, 9.17) is 0 Å². The lowest BCUT2D eigenvalue weighted by Crippen LogP contribution is -2.46. The first-order valence-corrected chi connectivity index (χ1v) is 10.1. The summed E-state index contributed by atoms with van der Waals surface area (Å²) in [5, 5.41) is 2.38. The molecule has 4 rings (SSSR count). The van der Waals surface area contributed by atoms with Crippen LogP contribution in [0.2, 0.25) is 0 Å². The zero-order valence-corrected chi connectivity index (χ0v) is 17.6. The number of aromatic amines is 1. The highest BCUT2D eigenvalue weighted by molar-refractivity contribution is 5.92. The normalized spacial score (nSPS) is 14.7. The summed E-state index contributed by atoms with van der Waals surface area (Å²) >= 11 is 0. The van der Waals surface area contributed by atoms with Gasteiger partial charge in [0.2, 0.25) is 0 Å². The molecule has 0 unspecified atom stereocenters. The van der Waals surface area contributed by atoms with Crippen molar-refractivity contribution in [3.05, 3.63) is 69.0 Å². The van der Waals surface area contributed by atoms with Crippen molar-refractivity contribution in [2.24, 2.45) is 0 Å². The second-order valence-electron chi connectivity index (χ2n) is 7.77. The summed E-state index contributed by atoms with van der Waals surface area (Å²) in [7, 11) is 1.40. The van der Waals surface area contributed by atoms with Crippen LogP contribution in [0.25, 0.3) is 10.9 Å². The number of amides is 1. The monoisotopic (exact) mass is 445 g/mol. The van der Waals surface area contributed by atoms with Crippen molar-refractivity contribution < 1.29 is 18.0 Å². The van der Waals surface area contributed by atoms with Crippen molar-refractivity contribution in [1.29, 1.82) is 0 Å².